The lowest BCUT2D eigenvalue weighted by Crippen LogP contribution is -2.81. The van der Waals surface area contributed by atoms with Gasteiger partial charge in [0.15, 0.2) is 6.10 Å². The number of fused-ring (bicyclic) bond motifs is 4. The molecular formula is C63H76N4O11S. The second-order valence-electron chi connectivity index (χ2n) is 23.4. The summed E-state index contributed by atoms with van der Waals surface area (Å²) in [4.78, 5) is 55.2. The number of ether oxygens (including phenoxy) is 4. The maximum Gasteiger partial charge on any atom is 0.344 e. The number of aryl methyl sites for hydroxylation is 2. The number of carbonyl (C=O) groups excluding carboxylic acids is 3. The Morgan fingerprint density at radius 1 is 0.861 bits per heavy atom. The first-order chi connectivity index (χ1) is 38.0. The molecule has 15 nitrogen and oxygen atoms in total. The van der Waals surface area contributed by atoms with Crippen LogP contribution in [0.3, 0.4) is 0 Å². The van der Waals surface area contributed by atoms with Gasteiger partial charge in [0.1, 0.15) is 11.2 Å². The first-order valence-corrected chi connectivity index (χ1v) is 29.7. The minimum Gasteiger partial charge on any atom is -0.496 e. The average molecular weight is 1100 g/mol. The fourth-order valence-corrected chi connectivity index (χ4v) is 17.3. The van der Waals surface area contributed by atoms with E-state index in [1.165, 1.54) is 21.1 Å². The highest BCUT2D eigenvalue weighted by Gasteiger charge is 2.80. The van der Waals surface area contributed by atoms with Crippen LogP contribution >= 0.6 is 0 Å². The van der Waals surface area contributed by atoms with Gasteiger partial charge in [0.05, 0.1) is 38.9 Å². The zero-order chi connectivity index (χ0) is 55.6. The van der Waals surface area contributed by atoms with Crippen molar-refractivity contribution in [3.63, 3.8) is 0 Å². The highest BCUT2D eigenvalue weighted by Crippen LogP contribution is 2.68. The third-order valence-corrected chi connectivity index (χ3v) is 20.8. The number of benzene rings is 4. The third-order valence-electron chi connectivity index (χ3n) is 19.5. The smallest absolute Gasteiger partial charge is 0.344 e. The van der Waals surface area contributed by atoms with E-state index in [0.717, 1.165) is 71.8 Å². The van der Waals surface area contributed by atoms with Gasteiger partial charge in [-0.05, 0) is 124 Å². The molecule has 0 unspecified atom stereocenters. The fourth-order valence-electron chi connectivity index (χ4n) is 16.4. The molecule has 1 spiro atoms. The molecule has 1 aromatic heterocycles. The number of nitrogens with zero attached hydrogens (tertiary/aromatic N) is 3. The fraction of sp³-hybridized carbons (Fsp3) is 0.508. The number of likely N-dealkylation sites (N-methyl/N-ethyl adjacent to an activating group) is 1. The lowest BCUT2D eigenvalue weighted by atomic mass is 9.47. The summed E-state index contributed by atoms with van der Waals surface area (Å²) in [7, 11) is 2.07. The Hall–Kier alpha value is -6.04. The van der Waals surface area contributed by atoms with Gasteiger partial charge in [-0.3, -0.25) is 23.6 Å². The number of hydrogen-bond acceptors (Lipinski definition) is 14. The largest absolute Gasteiger partial charge is 0.496 e. The van der Waals surface area contributed by atoms with Crippen molar-refractivity contribution in [2.24, 2.45) is 23.2 Å². The molecule has 0 radical (unpaired) electrons. The van der Waals surface area contributed by atoms with Crippen molar-refractivity contribution in [1.29, 1.82) is 0 Å². The molecule has 5 aromatic rings. The zero-order valence-electron chi connectivity index (χ0n) is 46.7. The number of aromatic nitrogens is 1. The number of anilines is 1. The van der Waals surface area contributed by atoms with Gasteiger partial charge in [0.25, 0.3) is 10.1 Å². The number of hydrogen-bond donors (Lipinski definition) is 2. The van der Waals surface area contributed by atoms with Crippen LogP contribution in [0.15, 0.2) is 108 Å². The summed E-state index contributed by atoms with van der Waals surface area (Å²) in [5.74, 6) is -2.11. The molecule has 2 N–H and O–H groups in total. The Kier molecular flexibility index (Phi) is 14.7. The van der Waals surface area contributed by atoms with Crippen LogP contribution in [0.25, 0.3) is 10.9 Å². The third kappa shape index (κ3) is 8.72. The molecular weight excluding hydrogens is 1020 g/mol. The number of carbonyl (C=O) groups is 3. The number of rotatable bonds is 13. The highest BCUT2D eigenvalue weighted by molar-refractivity contribution is 7.86. The van der Waals surface area contributed by atoms with Crippen LogP contribution < -0.4 is 9.64 Å². The summed E-state index contributed by atoms with van der Waals surface area (Å²) >= 11 is 0. The van der Waals surface area contributed by atoms with E-state index in [-0.39, 0.29) is 41.7 Å². The number of nitrogens with one attached hydrogen (secondary N) is 1. The van der Waals surface area contributed by atoms with Gasteiger partial charge < -0.3 is 33.9 Å². The van der Waals surface area contributed by atoms with Crippen molar-refractivity contribution in [2.75, 3.05) is 66.1 Å². The lowest BCUT2D eigenvalue weighted by molar-refractivity contribution is -0.228. The SMILES string of the molecule is CC[C@]12C=CCN3CC[C@@]4(c5cc([C@]6(C(=O)OC)C[C@@H]([C@H]7CCCC[C@H]7COS(=O)(=O)c7ccc(C)cc7)CN(Cc7ccccc7)CCCc7c6[nH]c6ccccc76)c(OC)cc5N(C)[C@H]4[C@@](O)(C(=O)OC)[C@@H]1OC(C)=O)[C@@H]32. The van der Waals surface area contributed by atoms with Gasteiger partial charge in [-0.15, -0.1) is 0 Å². The second kappa shape index (κ2) is 21.1. The summed E-state index contributed by atoms with van der Waals surface area (Å²) in [6.45, 7) is 8.47. The van der Waals surface area contributed by atoms with Crippen LogP contribution in [0, 0.1) is 30.1 Å². The predicted octanol–water partition coefficient (Wildman–Crippen LogP) is 8.56. The highest BCUT2D eigenvalue weighted by atomic mass is 32.2. The molecule has 5 heterocycles. The molecule has 2 aliphatic carbocycles. The summed E-state index contributed by atoms with van der Waals surface area (Å²) < 4.78 is 58.8. The molecule has 3 fully saturated rings. The summed E-state index contributed by atoms with van der Waals surface area (Å²) in [6, 6.07) is 28.1. The van der Waals surface area contributed by atoms with Crippen LogP contribution in [-0.4, -0.2) is 131 Å². The molecule has 4 aliphatic heterocycles. The second-order valence-corrected chi connectivity index (χ2v) is 25.0. The van der Waals surface area contributed by atoms with E-state index in [0.29, 0.717) is 68.1 Å². The Balaban J connectivity index is 1.15. The Morgan fingerprint density at radius 3 is 2.32 bits per heavy atom. The van der Waals surface area contributed by atoms with Crippen LogP contribution in [0.5, 0.6) is 5.75 Å². The number of aliphatic hydroxyl groups is 1. The molecule has 6 aliphatic rings. The molecule has 1 saturated heterocycles. The zero-order valence-corrected chi connectivity index (χ0v) is 47.5. The maximum absolute atomic E-state index is 16.3. The van der Waals surface area contributed by atoms with E-state index in [2.05, 4.69) is 63.3 Å². The number of H-pyrrole nitrogens is 1. The quantitative estimate of drug-likeness (QED) is 0.0496. The summed E-state index contributed by atoms with van der Waals surface area (Å²) in [6.07, 6.45) is 8.75. The maximum atomic E-state index is 16.3. The van der Waals surface area contributed by atoms with Gasteiger partial charge in [-0.1, -0.05) is 98.1 Å². The van der Waals surface area contributed by atoms with Gasteiger partial charge in [-0.2, -0.15) is 8.42 Å². The van der Waals surface area contributed by atoms with Crippen molar-refractivity contribution < 1.29 is 51.0 Å². The summed E-state index contributed by atoms with van der Waals surface area (Å²) in [5, 5.41) is 14.7. The molecule has 0 bridgehead atoms. The van der Waals surface area contributed by atoms with Crippen LogP contribution in [-0.2, 0) is 66.7 Å². The topological polar surface area (TPSA) is 177 Å². The first-order valence-electron chi connectivity index (χ1n) is 28.3. The lowest BCUT2D eigenvalue weighted by Gasteiger charge is -2.63. The van der Waals surface area contributed by atoms with Gasteiger partial charge >= 0.3 is 17.9 Å². The van der Waals surface area contributed by atoms with E-state index in [1.54, 1.807) is 31.4 Å². The Bertz CT molecular complexity index is 3270. The standard InChI is InChI=1S/C63H76N4O11S/c1-8-60-29-17-32-67-33-30-61(55(60)67)49-34-50(53(74-5)35-52(49)65(4)56(61)63(71,59(70)76-7)57(60)78-41(3)68)62(58(69)75-6)36-44(46-21-13-12-20-43(46)39-77-79(72,73)45-27-25-40(2)26-28-45)38-66(37-42-18-10-9-11-19-42)31-16-23-48-47-22-14-15-24-51(47)64-54(48)62/h9-11,14-15,17-19,22,24-29,34-35,43-44,46,55-57,64,71H,8,12-13,16,20-21,23,30-33,36-39H2,1-7H3/t43-,44+,46-,55-,56+,57+,60+,61+,62+,63-/m0/s1. The molecule has 11 rings (SSSR count). The Morgan fingerprint density at radius 2 is 1.59 bits per heavy atom. The van der Waals surface area contributed by atoms with Gasteiger partial charge in [-0.25, -0.2) is 4.79 Å². The number of methoxy groups -OCH3 is 3. The monoisotopic (exact) mass is 1100 g/mol. The average Bonchev–Trinajstić information content (AvgIpc) is 2.21. The molecule has 10 atom stereocenters. The molecule has 420 valence electrons. The number of esters is 3. The van der Waals surface area contributed by atoms with E-state index >= 15 is 4.79 Å². The number of aromatic amines is 1. The molecule has 16 heteroatoms. The van der Waals surface area contributed by atoms with E-state index < -0.39 is 62.0 Å². The van der Waals surface area contributed by atoms with Crippen molar-refractivity contribution >= 4 is 44.6 Å². The molecule has 4 aromatic carbocycles. The van der Waals surface area contributed by atoms with Crippen LogP contribution in [0.4, 0.5) is 5.69 Å². The normalized spacial score (nSPS) is 30.7. The molecule has 79 heavy (non-hydrogen) atoms. The minimum atomic E-state index is -4.11. The van der Waals surface area contributed by atoms with E-state index in [9.17, 15) is 23.1 Å². The van der Waals surface area contributed by atoms with Gasteiger partial charge in [0, 0.05) is 84.4 Å². The minimum absolute atomic E-state index is 0.0136. The number of para-hydroxylation sites is 1. The van der Waals surface area contributed by atoms with Crippen molar-refractivity contribution in [2.45, 2.75) is 125 Å². The van der Waals surface area contributed by atoms with Crippen LogP contribution in [0.1, 0.15) is 98.7 Å². The van der Waals surface area contributed by atoms with Crippen LogP contribution in [0.2, 0.25) is 0 Å². The van der Waals surface area contributed by atoms with Crippen molar-refractivity contribution in [1.82, 2.24) is 14.8 Å². The first kappa shape index (κ1) is 54.9. The molecule has 2 saturated carbocycles. The van der Waals surface area contributed by atoms with Crippen molar-refractivity contribution in [3.05, 3.63) is 137 Å². The predicted molar refractivity (Wildman–Crippen MR) is 300 cm³/mol. The van der Waals surface area contributed by atoms with Crippen molar-refractivity contribution in [3.8, 4) is 5.75 Å². The van der Waals surface area contributed by atoms with E-state index in [1.807, 2.05) is 56.1 Å². The Labute approximate surface area is 464 Å². The summed E-state index contributed by atoms with van der Waals surface area (Å²) in [5.41, 5.74) is 0.820. The van der Waals surface area contributed by atoms with E-state index in [4.69, 9.17) is 23.1 Å². The van der Waals surface area contributed by atoms with Gasteiger partial charge in [0.2, 0.25) is 5.60 Å². The molecule has 0 amide bonds.